The van der Waals surface area contributed by atoms with Crippen LogP contribution in [0.1, 0.15) is 5.56 Å². The number of morpholine rings is 1. The molecule has 1 aromatic heterocycles. The van der Waals surface area contributed by atoms with Crippen LogP contribution in [0.25, 0.3) is 10.2 Å². The van der Waals surface area contributed by atoms with Gasteiger partial charge in [-0.2, -0.15) is 0 Å². The highest BCUT2D eigenvalue weighted by atomic mass is 32.2. The van der Waals surface area contributed by atoms with Crippen LogP contribution in [0.5, 0.6) is 0 Å². The summed E-state index contributed by atoms with van der Waals surface area (Å²) in [5, 5.41) is 0. The van der Waals surface area contributed by atoms with Gasteiger partial charge < -0.3 is 9.64 Å². The van der Waals surface area contributed by atoms with E-state index in [1.165, 1.54) is 41.0 Å². The summed E-state index contributed by atoms with van der Waals surface area (Å²) >= 11 is 0.879. The number of aromatic nitrogens is 1. The van der Waals surface area contributed by atoms with E-state index in [2.05, 4.69) is 4.72 Å². The van der Waals surface area contributed by atoms with E-state index in [4.69, 9.17) is 4.74 Å². The summed E-state index contributed by atoms with van der Waals surface area (Å²) in [5.74, 6) is -0.644. The number of sulfonamides is 1. The van der Waals surface area contributed by atoms with Crippen LogP contribution < -0.4 is 9.60 Å². The van der Waals surface area contributed by atoms with Gasteiger partial charge in [0.25, 0.3) is 10.0 Å². The smallest absolute Gasteiger partial charge is 0.308 e. The van der Waals surface area contributed by atoms with Crippen molar-refractivity contribution >= 4 is 43.2 Å². The summed E-state index contributed by atoms with van der Waals surface area (Å²) < 4.78 is 48.4. The molecule has 2 heterocycles. The highest BCUT2D eigenvalue weighted by Crippen LogP contribution is 2.25. The van der Waals surface area contributed by atoms with Gasteiger partial charge in [0.05, 0.1) is 34.0 Å². The average Bonchev–Trinajstić information content (AvgIpc) is 3.05. The van der Waals surface area contributed by atoms with E-state index in [1.54, 1.807) is 11.8 Å². The molecule has 2 aromatic carbocycles. The number of fused-ring (bicyclic) bond motifs is 1. The quantitative estimate of drug-likeness (QED) is 0.623. The van der Waals surface area contributed by atoms with Gasteiger partial charge >= 0.3 is 4.87 Å². The first-order chi connectivity index (χ1) is 14.7. The zero-order valence-electron chi connectivity index (χ0n) is 16.6. The second-order valence-electron chi connectivity index (χ2n) is 7.14. The molecule has 1 amide bonds. The van der Waals surface area contributed by atoms with Gasteiger partial charge in [-0.25, -0.2) is 12.8 Å². The normalized spacial score (nSPS) is 14.7. The van der Waals surface area contributed by atoms with Crippen molar-refractivity contribution in [3.63, 3.8) is 0 Å². The van der Waals surface area contributed by atoms with Crippen LogP contribution in [-0.4, -0.2) is 50.1 Å². The molecule has 1 aliphatic rings. The number of hydrogen-bond acceptors (Lipinski definition) is 6. The molecule has 0 unspecified atom stereocenters. The minimum Gasteiger partial charge on any atom is -0.378 e. The Labute approximate surface area is 181 Å². The number of halogens is 1. The molecule has 1 fully saturated rings. The lowest BCUT2D eigenvalue weighted by atomic mass is 10.2. The van der Waals surface area contributed by atoms with Crippen LogP contribution in [0.15, 0.2) is 46.1 Å². The number of ether oxygens (including phenoxy) is 1. The number of carbonyl (C=O) groups is 1. The molecular weight excluding hydrogens is 445 g/mol. The first-order valence-corrected chi connectivity index (χ1v) is 11.8. The standard InChI is InChI=1S/C20H20FN3O5S2/c1-13-10-14(21)2-4-16(13)22-31(27,28)15-3-5-17-18(11-15)30-20(26)24(17)12-19(25)23-6-8-29-9-7-23/h2-5,10-11,22H,6-9,12H2,1H3. The molecule has 0 aliphatic carbocycles. The molecular formula is C20H20FN3O5S2. The summed E-state index contributed by atoms with van der Waals surface area (Å²) in [5.41, 5.74) is 1.21. The number of rotatable bonds is 5. The largest absolute Gasteiger partial charge is 0.378 e. The predicted octanol–water partition coefficient (Wildman–Crippen LogP) is 2.17. The van der Waals surface area contributed by atoms with Gasteiger partial charge in [0, 0.05) is 13.1 Å². The van der Waals surface area contributed by atoms with Crippen LogP contribution in [0.3, 0.4) is 0 Å². The van der Waals surface area contributed by atoms with E-state index in [0.717, 1.165) is 11.3 Å². The van der Waals surface area contributed by atoms with Crippen molar-refractivity contribution in [1.82, 2.24) is 9.47 Å². The Morgan fingerprint density at radius 1 is 1.19 bits per heavy atom. The summed E-state index contributed by atoms with van der Waals surface area (Å²) in [7, 11) is -3.95. The van der Waals surface area contributed by atoms with Crippen LogP contribution in [0, 0.1) is 12.7 Å². The predicted molar refractivity (Wildman–Crippen MR) is 115 cm³/mol. The summed E-state index contributed by atoms with van der Waals surface area (Å²) in [6, 6.07) is 8.06. The zero-order valence-corrected chi connectivity index (χ0v) is 18.3. The Morgan fingerprint density at radius 2 is 1.94 bits per heavy atom. The topological polar surface area (TPSA) is 97.7 Å². The van der Waals surface area contributed by atoms with Crippen molar-refractivity contribution in [3.05, 3.63) is 57.4 Å². The lowest BCUT2D eigenvalue weighted by Gasteiger charge is -2.26. The van der Waals surface area contributed by atoms with Gasteiger partial charge in [0.2, 0.25) is 5.91 Å². The SMILES string of the molecule is Cc1cc(F)ccc1NS(=O)(=O)c1ccc2c(c1)sc(=O)n2CC(=O)N1CCOCC1. The Kier molecular flexibility index (Phi) is 5.82. The first kappa shape index (κ1) is 21.5. The molecule has 4 rings (SSSR count). The highest BCUT2D eigenvalue weighted by Gasteiger charge is 2.21. The molecule has 164 valence electrons. The Morgan fingerprint density at radius 3 is 2.65 bits per heavy atom. The highest BCUT2D eigenvalue weighted by molar-refractivity contribution is 7.92. The number of carbonyl (C=O) groups excluding carboxylic acids is 1. The maximum atomic E-state index is 13.3. The molecule has 1 N–H and O–H groups in total. The number of anilines is 1. The molecule has 8 nitrogen and oxygen atoms in total. The minimum absolute atomic E-state index is 0.0309. The van der Waals surface area contributed by atoms with Gasteiger partial charge in [-0.1, -0.05) is 11.3 Å². The molecule has 0 radical (unpaired) electrons. The molecule has 0 spiro atoms. The van der Waals surface area contributed by atoms with E-state index in [-0.39, 0.29) is 27.9 Å². The maximum Gasteiger partial charge on any atom is 0.308 e. The van der Waals surface area contributed by atoms with E-state index >= 15 is 0 Å². The van der Waals surface area contributed by atoms with Gasteiger partial charge in [0.15, 0.2) is 0 Å². The van der Waals surface area contributed by atoms with Gasteiger partial charge in [-0.05, 0) is 48.9 Å². The van der Waals surface area contributed by atoms with Crippen LogP contribution in [0.4, 0.5) is 10.1 Å². The molecule has 11 heteroatoms. The molecule has 0 saturated carbocycles. The number of benzene rings is 2. The molecule has 0 bridgehead atoms. The lowest BCUT2D eigenvalue weighted by Crippen LogP contribution is -2.43. The third-order valence-electron chi connectivity index (χ3n) is 5.04. The molecule has 3 aromatic rings. The number of amides is 1. The zero-order chi connectivity index (χ0) is 22.2. The number of thiazole rings is 1. The van der Waals surface area contributed by atoms with Gasteiger partial charge in [-0.3, -0.25) is 18.9 Å². The van der Waals surface area contributed by atoms with Gasteiger partial charge in [0.1, 0.15) is 12.4 Å². The van der Waals surface area contributed by atoms with Crippen LogP contribution in [-0.2, 0) is 26.1 Å². The molecule has 1 saturated heterocycles. The summed E-state index contributed by atoms with van der Waals surface area (Å²) in [6.07, 6.45) is 0. The number of hydrogen-bond donors (Lipinski definition) is 1. The van der Waals surface area contributed by atoms with Crippen LogP contribution >= 0.6 is 11.3 Å². The van der Waals surface area contributed by atoms with E-state index in [0.29, 0.717) is 42.1 Å². The van der Waals surface area contributed by atoms with Crippen molar-refractivity contribution in [2.24, 2.45) is 0 Å². The summed E-state index contributed by atoms with van der Waals surface area (Å²) in [4.78, 5) is 26.3. The van der Waals surface area contributed by atoms with Crippen molar-refractivity contribution < 1.29 is 22.3 Å². The maximum absolute atomic E-state index is 13.3. The summed E-state index contributed by atoms with van der Waals surface area (Å²) in [6.45, 7) is 3.37. The van der Waals surface area contributed by atoms with Crippen molar-refractivity contribution in [2.45, 2.75) is 18.4 Å². The van der Waals surface area contributed by atoms with Crippen molar-refractivity contribution in [1.29, 1.82) is 0 Å². The van der Waals surface area contributed by atoms with Crippen molar-refractivity contribution in [2.75, 3.05) is 31.0 Å². The third kappa shape index (κ3) is 4.48. The monoisotopic (exact) mass is 465 g/mol. The van der Waals surface area contributed by atoms with Gasteiger partial charge in [-0.15, -0.1) is 0 Å². The molecule has 31 heavy (non-hydrogen) atoms. The number of aryl methyl sites for hydroxylation is 1. The fourth-order valence-electron chi connectivity index (χ4n) is 3.36. The Hall–Kier alpha value is -2.76. The van der Waals surface area contributed by atoms with E-state index < -0.39 is 15.8 Å². The average molecular weight is 466 g/mol. The first-order valence-electron chi connectivity index (χ1n) is 9.52. The van der Waals surface area contributed by atoms with Crippen LogP contribution in [0.2, 0.25) is 0 Å². The fraction of sp³-hybridized carbons (Fsp3) is 0.300. The fourth-order valence-corrected chi connectivity index (χ4v) is 5.52. The number of nitrogens with zero attached hydrogens (tertiary/aromatic N) is 2. The van der Waals surface area contributed by atoms with E-state index in [1.807, 2.05) is 0 Å². The molecule has 1 aliphatic heterocycles. The molecule has 0 atom stereocenters. The van der Waals surface area contributed by atoms with Crippen molar-refractivity contribution in [3.8, 4) is 0 Å². The van der Waals surface area contributed by atoms with E-state index in [9.17, 15) is 22.4 Å². The Bertz CT molecular complexity index is 1310. The second-order valence-corrected chi connectivity index (χ2v) is 9.82. The minimum atomic E-state index is -3.95. The Balaban J connectivity index is 1.61. The lowest BCUT2D eigenvalue weighted by molar-refractivity contribution is -0.135. The second kappa shape index (κ2) is 8.40. The third-order valence-corrected chi connectivity index (χ3v) is 7.35. The number of nitrogens with one attached hydrogen (secondary N) is 1.